The van der Waals surface area contributed by atoms with E-state index in [9.17, 15) is 18.0 Å². The number of rotatable bonds is 6. The standard InChI is InChI=1S/C22H25F3N8O/c1-2-26-21(34)31-18-13-15(5-6-27-18)14-32-9-11-33(12-10-32)17-4-3-16(20-28-7-8-29-20)30-19(17)22(23,24)25/h3-8,13H,2,9-12,14H2,1H3,(H,28,29)(H2,26,27,31,34). The van der Waals surface area contributed by atoms with Crippen LogP contribution in [0.4, 0.5) is 29.5 Å². The minimum absolute atomic E-state index is 0.0693. The number of anilines is 2. The Balaban J connectivity index is 1.42. The van der Waals surface area contributed by atoms with Gasteiger partial charge in [-0.3, -0.25) is 10.2 Å². The van der Waals surface area contributed by atoms with E-state index in [1.807, 2.05) is 13.0 Å². The van der Waals surface area contributed by atoms with Crippen molar-refractivity contribution < 1.29 is 18.0 Å². The second-order valence-corrected chi connectivity index (χ2v) is 7.80. The Bertz CT molecular complexity index is 1110. The molecule has 0 bridgehead atoms. The Hall–Kier alpha value is -3.67. The minimum Gasteiger partial charge on any atom is -0.367 e. The first-order valence-corrected chi connectivity index (χ1v) is 10.9. The van der Waals surface area contributed by atoms with Crippen LogP contribution in [0.3, 0.4) is 0 Å². The number of carbonyl (C=O) groups is 1. The average Bonchev–Trinajstić information content (AvgIpc) is 3.34. The quantitative estimate of drug-likeness (QED) is 0.507. The molecule has 3 N–H and O–H groups in total. The van der Waals surface area contributed by atoms with Gasteiger partial charge in [-0.1, -0.05) is 0 Å². The smallest absolute Gasteiger partial charge is 0.367 e. The molecule has 180 valence electrons. The summed E-state index contributed by atoms with van der Waals surface area (Å²) in [5, 5.41) is 5.32. The number of pyridine rings is 2. The highest BCUT2D eigenvalue weighted by Crippen LogP contribution is 2.36. The fraction of sp³-hybridized carbons (Fsp3) is 0.364. The molecule has 0 spiro atoms. The number of hydrogen-bond donors (Lipinski definition) is 3. The SMILES string of the molecule is CCNC(=O)Nc1cc(CN2CCN(c3ccc(-c4ncc[nH]4)nc3C(F)(F)F)CC2)ccn1. The molecule has 9 nitrogen and oxygen atoms in total. The molecule has 3 aromatic heterocycles. The van der Waals surface area contributed by atoms with Gasteiger partial charge in [0, 0.05) is 57.9 Å². The summed E-state index contributed by atoms with van der Waals surface area (Å²) in [6.45, 7) is 4.96. The van der Waals surface area contributed by atoms with E-state index in [2.05, 4.69) is 35.5 Å². The van der Waals surface area contributed by atoms with Crippen molar-refractivity contribution in [2.24, 2.45) is 0 Å². The van der Waals surface area contributed by atoms with E-state index in [0.717, 1.165) is 5.56 Å². The molecule has 0 aliphatic carbocycles. The summed E-state index contributed by atoms with van der Waals surface area (Å²) >= 11 is 0. The third kappa shape index (κ3) is 5.63. The number of alkyl halides is 3. The lowest BCUT2D eigenvalue weighted by molar-refractivity contribution is -0.140. The average molecular weight is 474 g/mol. The molecule has 3 aromatic rings. The number of carbonyl (C=O) groups excluding carboxylic acids is 1. The van der Waals surface area contributed by atoms with E-state index in [1.54, 1.807) is 29.4 Å². The molecule has 2 amide bonds. The van der Waals surface area contributed by atoms with E-state index in [0.29, 0.717) is 50.9 Å². The third-order valence-electron chi connectivity index (χ3n) is 5.41. The molecule has 1 saturated heterocycles. The van der Waals surface area contributed by atoms with Gasteiger partial charge in [0.25, 0.3) is 0 Å². The number of aromatic nitrogens is 4. The predicted octanol–water partition coefficient (Wildman–Crippen LogP) is 3.35. The maximum Gasteiger partial charge on any atom is 0.435 e. The first-order chi connectivity index (χ1) is 16.3. The number of nitrogens with zero attached hydrogens (tertiary/aromatic N) is 5. The molecular weight excluding hydrogens is 449 g/mol. The van der Waals surface area contributed by atoms with Crippen molar-refractivity contribution in [1.82, 2.24) is 30.2 Å². The summed E-state index contributed by atoms with van der Waals surface area (Å²) in [4.78, 5) is 30.4. The molecule has 1 fully saturated rings. The van der Waals surface area contributed by atoms with Gasteiger partial charge in [0.05, 0.1) is 5.69 Å². The van der Waals surface area contributed by atoms with Crippen LogP contribution in [0.5, 0.6) is 0 Å². The lowest BCUT2D eigenvalue weighted by Crippen LogP contribution is -2.46. The number of imidazole rings is 1. The van der Waals surface area contributed by atoms with Crippen LogP contribution in [0.2, 0.25) is 0 Å². The largest absolute Gasteiger partial charge is 0.435 e. The lowest BCUT2D eigenvalue weighted by Gasteiger charge is -2.37. The van der Waals surface area contributed by atoms with E-state index in [-0.39, 0.29) is 17.4 Å². The highest BCUT2D eigenvalue weighted by molar-refractivity contribution is 5.88. The van der Waals surface area contributed by atoms with E-state index >= 15 is 0 Å². The van der Waals surface area contributed by atoms with Gasteiger partial charge in [-0.05, 0) is 36.8 Å². The first kappa shape index (κ1) is 23.5. The van der Waals surface area contributed by atoms with Gasteiger partial charge in [-0.25, -0.2) is 19.7 Å². The van der Waals surface area contributed by atoms with Crippen LogP contribution < -0.4 is 15.5 Å². The molecule has 4 heterocycles. The molecule has 1 aliphatic heterocycles. The fourth-order valence-corrected chi connectivity index (χ4v) is 3.82. The summed E-state index contributed by atoms with van der Waals surface area (Å²) in [6, 6.07) is 6.34. The number of H-pyrrole nitrogens is 1. The second kappa shape index (κ2) is 10.1. The molecule has 0 atom stereocenters. The molecule has 1 aliphatic rings. The van der Waals surface area contributed by atoms with Crippen molar-refractivity contribution in [1.29, 1.82) is 0 Å². The third-order valence-corrected chi connectivity index (χ3v) is 5.41. The molecule has 0 aromatic carbocycles. The molecule has 34 heavy (non-hydrogen) atoms. The predicted molar refractivity (Wildman–Crippen MR) is 121 cm³/mol. The summed E-state index contributed by atoms with van der Waals surface area (Å²) in [5.41, 5.74) is 0.259. The topological polar surface area (TPSA) is 102 Å². The van der Waals surface area contributed by atoms with Crippen LogP contribution in [0.1, 0.15) is 18.2 Å². The summed E-state index contributed by atoms with van der Waals surface area (Å²) in [6.07, 6.45) is 0.0485. The number of amides is 2. The number of hydrogen-bond acceptors (Lipinski definition) is 6. The van der Waals surface area contributed by atoms with Crippen LogP contribution in [0, 0.1) is 0 Å². The Labute approximate surface area is 194 Å². The Kier molecular flexibility index (Phi) is 6.96. The van der Waals surface area contributed by atoms with Crippen molar-refractivity contribution in [3.8, 4) is 11.5 Å². The Morgan fingerprint density at radius 2 is 1.91 bits per heavy atom. The van der Waals surface area contributed by atoms with E-state index < -0.39 is 11.9 Å². The second-order valence-electron chi connectivity index (χ2n) is 7.80. The normalized spacial score (nSPS) is 14.8. The van der Waals surface area contributed by atoms with Crippen molar-refractivity contribution in [2.45, 2.75) is 19.6 Å². The molecule has 0 unspecified atom stereocenters. The highest BCUT2D eigenvalue weighted by Gasteiger charge is 2.38. The zero-order valence-corrected chi connectivity index (χ0v) is 18.6. The number of aromatic amines is 1. The maximum absolute atomic E-state index is 13.8. The number of urea groups is 1. The zero-order valence-electron chi connectivity index (χ0n) is 18.6. The number of nitrogens with one attached hydrogen (secondary N) is 3. The summed E-state index contributed by atoms with van der Waals surface area (Å²) < 4.78 is 41.4. The van der Waals surface area contributed by atoms with Gasteiger partial charge in [0.15, 0.2) is 11.5 Å². The number of halogens is 3. The van der Waals surface area contributed by atoms with Crippen LogP contribution in [0.15, 0.2) is 42.9 Å². The van der Waals surface area contributed by atoms with Gasteiger partial charge in [0.2, 0.25) is 0 Å². The molecule has 4 rings (SSSR count). The molecule has 12 heteroatoms. The maximum atomic E-state index is 13.8. The monoisotopic (exact) mass is 474 g/mol. The van der Waals surface area contributed by atoms with Gasteiger partial charge < -0.3 is 15.2 Å². The lowest BCUT2D eigenvalue weighted by atomic mass is 10.1. The molecule has 0 radical (unpaired) electrons. The summed E-state index contributed by atoms with van der Waals surface area (Å²) in [7, 11) is 0. The first-order valence-electron chi connectivity index (χ1n) is 10.9. The minimum atomic E-state index is -4.58. The van der Waals surface area contributed by atoms with Crippen molar-refractivity contribution in [3.05, 3.63) is 54.1 Å². The summed E-state index contributed by atoms with van der Waals surface area (Å²) in [5.74, 6) is 0.736. The van der Waals surface area contributed by atoms with E-state index in [4.69, 9.17) is 0 Å². The van der Waals surface area contributed by atoms with Gasteiger partial charge in [-0.15, -0.1) is 0 Å². The van der Waals surface area contributed by atoms with Gasteiger partial charge >= 0.3 is 12.2 Å². The van der Waals surface area contributed by atoms with Gasteiger partial charge in [-0.2, -0.15) is 13.2 Å². The van der Waals surface area contributed by atoms with Crippen molar-refractivity contribution >= 4 is 17.5 Å². The molecule has 0 saturated carbocycles. The fourth-order valence-electron chi connectivity index (χ4n) is 3.82. The van der Waals surface area contributed by atoms with Crippen molar-refractivity contribution in [2.75, 3.05) is 42.9 Å². The van der Waals surface area contributed by atoms with Crippen LogP contribution in [0.25, 0.3) is 11.5 Å². The van der Waals surface area contributed by atoms with Crippen LogP contribution in [-0.2, 0) is 12.7 Å². The zero-order chi connectivity index (χ0) is 24.1. The van der Waals surface area contributed by atoms with Crippen molar-refractivity contribution in [3.63, 3.8) is 0 Å². The van der Waals surface area contributed by atoms with Gasteiger partial charge in [0.1, 0.15) is 11.5 Å². The van der Waals surface area contributed by atoms with Crippen LogP contribution >= 0.6 is 0 Å². The number of piperazine rings is 1. The molecular formula is C22H25F3N8O. The van der Waals surface area contributed by atoms with Crippen LogP contribution in [-0.4, -0.2) is 63.6 Å². The Morgan fingerprint density at radius 1 is 1.12 bits per heavy atom. The van der Waals surface area contributed by atoms with E-state index in [1.165, 1.54) is 12.3 Å². The highest BCUT2D eigenvalue weighted by atomic mass is 19.4. The Morgan fingerprint density at radius 3 is 2.59 bits per heavy atom.